The molecule has 0 bridgehead atoms. The summed E-state index contributed by atoms with van der Waals surface area (Å²) in [4.78, 5) is 16.2. The summed E-state index contributed by atoms with van der Waals surface area (Å²) in [6, 6.07) is 4.17. The number of amides is 1. The van der Waals surface area contributed by atoms with Gasteiger partial charge in [-0.15, -0.1) is 11.3 Å². The Balaban J connectivity index is 2.22. The number of aryl methyl sites for hydroxylation is 2. The van der Waals surface area contributed by atoms with E-state index in [9.17, 15) is 4.79 Å². The molecule has 18 heavy (non-hydrogen) atoms. The molecule has 1 aromatic heterocycles. The Hall–Kier alpha value is -1.34. The molecule has 2 rings (SSSR count). The second kappa shape index (κ2) is 5.53. The van der Waals surface area contributed by atoms with Gasteiger partial charge in [0.2, 0.25) is 0 Å². The van der Waals surface area contributed by atoms with E-state index in [4.69, 9.17) is 5.26 Å². The topological polar surface area (TPSA) is 44.1 Å². The van der Waals surface area contributed by atoms with Crippen molar-refractivity contribution in [3.63, 3.8) is 0 Å². The highest BCUT2D eigenvalue weighted by molar-refractivity contribution is 7.14. The van der Waals surface area contributed by atoms with Gasteiger partial charge >= 0.3 is 0 Å². The van der Waals surface area contributed by atoms with Crippen molar-refractivity contribution in [1.29, 1.82) is 5.26 Å². The number of thiophene rings is 1. The third-order valence-electron chi connectivity index (χ3n) is 3.33. The van der Waals surface area contributed by atoms with Crippen molar-refractivity contribution >= 4 is 17.2 Å². The molecule has 0 spiro atoms. The van der Waals surface area contributed by atoms with Crippen LogP contribution in [0.4, 0.5) is 0 Å². The second-order valence-corrected chi connectivity index (χ2v) is 6.09. The lowest BCUT2D eigenvalue weighted by molar-refractivity contribution is 0.0736. The predicted octanol–water partition coefficient (Wildman–Crippen LogP) is 3.00. The van der Waals surface area contributed by atoms with E-state index < -0.39 is 0 Å². The Morgan fingerprint density at radius 1 is 1.50 bits per heavy atom. The molecule has 0 atom stereocenters. The van der Waals surface area contributed by atoms with Crippen LogP contribution in [0, 0.1) is 11.3 Å². The van der Waals surface area contributed by atoms with Gasteiger partial charge in [0.05, 0.1) is 10.9 Å². The monoisotopic (exact) mass is 262 g/mol. The van der Waals surface area contributed by atoms with Crippen molar-refractivity contribution in [3.8, 4) is 6.07 Å². The van der Waals surface area contributed by atoms with Crippen LogP contribution in [0.2, 0.25) is 0 Å². The Kier molecular flexibility index (Phi) is 4.03. The second-order valence-electron chi connectivity index (χ2n) is 4.95. The molecule has 0 saturated carbocycles. The third-order valence-corrected chi connectivity index (χ3v) is 4.56. The summed E-state index contributed by atoms with van der Waals surface area (Å²) in [5.41, 5.74) is 1.34. The van der Waals surface area contributed by atoms with E-state index in [1.165, 1.54) is 23.3 Å². The number of nitrogens with zero attached hydrogens (tertiary/aromatic N) is 2. The van der Waals surface area contributed by atoms with E-state index in [1.807, 2.05) is 19.9 Å². The van der Waals surface area contributed by atoms with E-state index in [1.54, 1.807) is 16.2 Å². The highest BCUT2D eigenvalue weighted by Gasteiger charge is 2.22. The fourth-order valence-corrected chi connectivity index (χ4v) is 3.51. The first kappa shape index (κ1) is 13.1. The molecule has 1 aromatic rings. The Bertz CT molecular complexity index is 461. The van der Waals surface area contributed by atoms with Crippen LogP contribution in [-0.4, -0.2) is 23.4 Å². The molecule has 0 aromatic carbocycles. The van der Waals surface area contributed by atoms with Crippen molar-refractivity contribution < 1.29 is 4.79 Å². The summed E-state index contributed by atoms with van der Waals surface area (Å²) in [6.45, 7) is 4.06. The molecule has 1 aliphatic carbocycles. The minimum atomic E-state index is 0.00551. The summed E-state index contributed by atoms with van der Waals surface area (Å²) in [5.74, 6) is 0.00551. The molecule has 0 radical (unpaired) electrons. The van der Waals surface area contributed by atoms with Gasteiger partial charge in [-0.3, -0.25) is 4.79 Å². The van der Waals surface area contributed by atoms with Crippen LogP contribution in [0.1, 0.15) is 46.8 Å². The van der Waals surface area contributed by atoms with Gasteiger partial charge in [-0.05, 0) is 51.2 Å². The molecule has 0 saturated heterocycles. The van der Waals surface area contributed by atoms with Crippen LogP contribution in [0.15, 0.2) is 6.07 Å². The molecule has 0 unspecified atom stereocenters. The summed E-state index contributed by atoms with van der Waals surface area (Å²) >= 11 is 1.61. The highest BCUT2D eigenvalue weighted by Crippen LogP contribution is 2.30. The first-order valence-electron chi connectivity index (χ1n) is 6.43. The van der Waals surface area contributed by atoms with Gasteiger partial charge in [0.15, 0.2) is 0 Å². The van der Waals surface area contributed by atoms with Crippen LogP contribution in [0.25, 0.3) is 0 Å². The molecule has 0 aliphatic heterocycles. The zero-order valence-electron chi connectivity index (χ0n) is 10.9. The van der Waals surface area contributed by atoms with Gasteiger partial charge in [-0.1, -0.05) is 0 Å². The maximum atomic E-state index is 12.4. The third kappa shape index (κ3) is 2.56. The summed E-state index contributed by atoms with van der Waals surface area (Å²) in [6.07, 6.45) is 4.66. The fourth-order valence-electron chi connectivity index (χ4n) is 2.30. The molecule has 0 N–H and O–H groups in total. The lowest BCUT2D eigenvalue weighted by Crippen LogP contribution is -2.36. The SMILES string of the molecule is CC(C)N(CC#N)C(=O)c1cc2c(s1)CCCC2. The number of hydrogen-bond donors (Lipinski definition) is 0. The minimum absolute atomic E-state index is 0.00551. The lowest BCUT2D eigenvalue weighted by atomic mass is 9.99. The smallest absolute Gasteiger partial charge is 0.265 e. The largest absolute Gasteiger partial charge is 0.322 e. The maximum absolute atomic E-state index is 12.4. The standard InChI is InChI=1S/C14H18N2OS/c1-10(2)16(8-7-15)14(17)13-9-11-5-3-4-6-12(11)18-13/h9-10H,3-6,8H2,1-2H3. The molecule has 1 heterocycles. The van der Waals surface area contributed by atoms with Gasteiger partial charge in [0.1, 0.15) is 6.54 Å². The molecular weight excluding hydrogens is 244 g/mol. The van der Waals surface area contributed by atoms with Crippen LogP contribution < -0.4 is 0 Å². The number of fused-ring (bicyclic) bond motifs is 1. The van der Waals surface area contributed by atoms with Crippen molar-refractivity contribution in [2.24, 2.45) is 0 Å². The van der Waals surface area contributed by atoms with Gasteiger partial charge in [0, 0.05) is 10.9 Å². The number of hydrogen-bond acceptors (Lipinski definition) is 3. The first-order valence-corrected chi connectivity index (χ1v) is 7.24. The number of nitriles is 1. The van der Waals surface area contributed by atoms with Gasteiger partial charge in [0.25, 0.3) is 5.91 Å². The van der Waals surface area contributed by atoms with E-state index in [-0.39, 0.29) is 18.5 Å². The number of rotatable bonds is 3. The number of carbonyl (C=O) groups excluding carboxylic acids is 1. The van der Waals surface area contributed by atoms with Crippen LogP contribution in [0.5, 0.6) is 0 Å². The Morgan fingerprint density at radius 2 is 2.22 bits per heavy atom. The molecular formula is C14H18N2OS. The van der Waals surface area contributed by atoms with Gasteiger partial charge in [-0.25, -0.2) is 0 Å². The molecule has 1 aliphatic rings. The summed E-state index contributed by atoms with van der Waals surface area (Å²) < 4.78 is 0. The fraction of sp³-hybridized carbons (Fsp3) is 0.571. The summed E-state index contributed by atoms with van der Waals surface area (Å²) in [7, 11) is 0. The van der Waals surface area contributed by atoms with Gasteiger partial charge in [-0.2, -0.15) is 5.26 Å². The molecule has 96 valence electrons. The lowest BCUT2D eigenvalue weighted by Gasteiger charge is -2.22. The Labute approximate surface area is 112 Å². The highest BCUT2D eigenvalue weighted by atomic mass is 32.1. The van der Waals surface area contributed by atoms with E-state index in [0.29, 0.717) is 0 Å². The van der Waals surface area contributed by atoms with Crippen LogP contribution >= 0.6 is 11.3 Å². The quantitative estimate of drug-likeness (QED) is 0.786. The molecule has 1 amide bonds. The average molecular weight is 262 g/mol. The zero-order valence-corrected chi connectivity index (χ0v) is 11.7. The van der Waals surface area contributed by atoms with Crippen molar-refractivity contribution in [3.05, 3.63) is 21.4 Å². The normalized spacial score (nSPS) is 14.1. The zero-order chi connectivity index (χ0) is 13.1. The summed E-state index contributed by atoms with van der Waals surface area (Å²) in [5, 5.41) is 8.80. The van der Waals surface area contributed by atoms with Crippen LogP contribution in [0.3, 0.4) is 0 Å². The van der Waals surface area contributed by atoms with Crippen molar-refractivity contribution in [2.75, 3.05) is 6.54 Å². The van der Waals surface area contributed by atoms with E-state index in [0.717, 1.165) is 17.7 Å². The molecule has 4 heteroatoms. The Morgan fingerprint density at radius 3 is 2.83 bits per heavy atom. The average Bonchev–Trinajstić information content (AvgIpc) is 2.78. The van der Waals surface area contributed by atoms with Crippen LogP contribution in [-0.2, 0) is 12.8 Å². The van der Waals surface area contributed by atoms with Gasteiger partial charge < -0.3 is 4.90 Å². The van der Waals surface area contributed by atoms with E-state index >= 15 is 0 Å². The maximum Gasteiger partial charge on any atom is 0.265 e. The molecule has 0 fully saturated rings. The van der Waals surface area contributed by atoms with E-state index in [2.05, 4.69) is 6.07 Å². The number of carbonyl (C=O) groups is 1. The van der Waals surface area contributed by atoms with Crippen molar-refractivity contribution in [1.82, 2.24) is 4.90 Å². The molecule has 3 nitrogen and oxygen atoms in total. The predicted molar refractivity (Wildman–Crippen MR) is 72.7 cm³/mol. The van der Waals surface area contributed by atoms with Crippen molar-refractivity contribution in [2.45, 2.75) is 45.6 Å². The first-order chi connectivity index (χ1) is 8.63. The minimum Gasteiger partial charge on any atom is -0.322 e.